The molecule has 0 spiro atoms. The highest BCUT2D eigenvalue weighted by molar-refractivity contribution is 5.39. The second-order valence-corrected chi connectivity index (χ2v) is 4.82. The van der Waals surface area contributed by atoms with Crippen LogP contribution in [0.25, 0.3) is 0 Å². The summed E-state index contributed by atoms with van der Waals surface area (Å²) in [4.78, 5) is 12.7. The number of rotatable bonds is 6. The zero-order valence-electron chi connectivity index (χ0n) is 11.8. The molecule has 0 aromatic heterocycles. The smallest absolute Gasteiger partial charge is 0.273 e. The van der Waals surface area contributed by atoms with Gasteiger partial charge in [-0.2, -0.15) is 0 Å². The van der Waals surface area contributed by atoms with Crippen molar-refractivity contribution in [2.75, 3.05) is 6.54 Å². The first kappa shape index (κ1) is 15.1. The molecule has 2 aromatic rings. The van der Waals surface area contributed by atoms with Crippen LogP contribution in [-0.2, 0) is 13.1 Å². The van der Waals surface area contributed by atoms with Crippen molar-refractivity contribution in [2.45, 2.75) is 20.0 Å². The van der Waals surface area contributed by atoms with Crippen LogP contribution in [0.4, 0.5) is 10.1 Å². The van der Waals surface area contributed by atoms with Crippen molar-refractivity contribution in [1.29, 1.82) is 0 Å². The van der Waals surface area contributed by atoms with Gasteiger partial charge in [-0.05, 0) is 24.2 Å². The predicted octanol–water partition coefficient (Wildman–Crippen LogP) is 3.76. The van der Waals surface area contributed by atoms with Gasteiger partial charge < -0.3 is 0 Å². The fourth-order valence-corrected chi connectivity index (χ4v) is 2.24. The highest BCUT2D eigenvalue weighted by atomic mass is 19.1. The van der Waals surface area contributed by atoms with E-state index in [1.165, 1.54) is 18.2 Å². The van der Waals surface area contributed by atoms with Crippen molar-refractivity contribution in [3.05, 3.63) is 75.6 Å². The normalized spacial score (nSPS) is 10.8. The summed E-state index contributed by atoms with van der Waals surface area (Å²) in [5.41, 5.74) is 1.64. The molecule has 0 saturated carbocycles. The zero-order valence-corrected chi connectivity index (χ0v) is 11.8. The Balaban J connectivity index is 2.14. The van der Waals surface area contributed by atoms with Crippen LogP contribution < -0.4 is 0 Å². The molecule has 0 saturated heterocycles. The van der Waals surface area contributed by atoms with E-state index in [4.69, 9.17) is 0 Å². The van der Waals surface area contributed by atoms with Crippen LogP contribution in [0.2, 0.25) is 0 Å². The molecule has 0 bridgehead atoms. The molecule has 110 valence electrons. The maximum Gasteiger partial charge on any atom is 0.273 e. The highest BCUT2D eigenvalue weighted by Crippen LogP contribution is 2.20. The lowest BCUT2D eigenvalue weighted by Crippen LogP contribution is -2.22. The molecule has 0 aliphatic carbocycles. The van der Waals surface area contributed by atoms with E-state index >= 15 is 0 Å². The summed E-state index contributed by atoms with van der Waals surface area (Å²) >= 11 is 0. The van der Waals surface area contributed by atoms with E-state index in [2.05, 4.69) is 0 Å². The lowest BCUT2D eigenvalue weighted by molar-refractivity contribution is -0.385. The average Bonchev–Trinajstić information content (AvgIpc) is 2.47. The standard InChI is InChI=1S/C16H17FN2O2/c1-2-18(11-13-6-5-8-15(17)10-13)12-14-7-3-4-9-16(14)19(20)21/h3-10H,2,11-12H2,1H3. The summed E-state index contributed by atoms with van der Waals surface area (Å²) in [6.07, 6.45) is 0. The van der Waals surface area contributed by atoms with E-state index < -0.39 is 0 Å². The first-order chi connectivity index (χ1) is 10.1. The fraction of sp³-hybridized carbons (Fsp3) is 0.250. The number of benzene rings is 2. The lowest BCUT2D eigenvalue weighted by Gasteiger charge is -2.20. The summed E-state index contributed by atoms with van der Waals surface area (Å²) in [5, 5.41) is 11.0. The van der Waals surface area contributed by atoms with Gasteiger partial charge in [0, 0.05) is 24.7 Å². The van der Waals surface area contributed by atoms with Gasteiger partial charge in [0.25, 0.3) is 5.69 Å². The first-order valence-electron chi connectivity index (χ1n) is 6.79. The fourth-order valence-electron chi connectivity index (χ4n) is 2.24. The Kier molecular flexibility index (Phi) is 5.00. The van der Waals surface area contributed by atoms with Gasteiger partial charge in [-0.3, -0.25) is 15.0 Å². The second-order valence-electron chi connectivity index (χ2n) is 4.82. The molecule has 0 heterocycles. The molecule has 0 amide bonds. The Bertz CT molecular complexity index is 631. The molecule has 4 nitrogen and oxygen atoms in total. The first-order valence-corrected chi connectivity index (χ1v) is 6.79. The van der Waals surface area contributed by atoms with Crippen LogP contribution in [0.5, 0.6) is 0 Å². The van der Waals surface area contributed by atoms with Crippen LogP contribution in [0, 0.1) is 15.9 Å². The monoisotopic (exact) mass is 288 g/mol. The van der Waals surface area contributed by atoms with Crippen LogP contribution >= 0.6 is 0 Å². The summed E-state index contributed by atoms with van der Waals surface area (Å²) in [7, 11) is 0. The molecule has 0 aliphatic heterocycles. The van der Waals surface area contributed by atoms with E-state index in [1.807, 2.05) is 17.9 Å². The molecule has 0 unspecified atom stereocenters. The number of nitro benzene ring substituents is 1. The molecule has 0 fully saturated rings. The van der Waals surface area contributed by atoms with Gasteiger partial charge >= 0.3 is 0 Å². The number of nitro groups is 1. The predicted molar refractivity (Wildman–Crippen MR) is 79.3 cm³/mol. The van der Waals surface area contributed by atoms with E-state index in [9.17, 15) is 14.5 Å². The SMILES string of the molecule is CCN(Cc1cccc(F)c1)Cc1ccccc1[N+](=O)[O-]. The van der Waals surface area contributed by atoms with Crippen molar-refractivity contribution in [3.63, 3.8) is 0 Å². The third-order valence-electron chi connectivity index (χ3n) is 3.32. The maximum atomic E-state index is 13.2. The largest absolute Gasteiger partial charge is 0.295 e. The van der Waals surface area contributed by atoms with Gasteiger partial charge in [-0.25, -0.2) is 4.39 Å². The van der Waals surface area contributed by atoms with Gasteiger partial charge in [0.15, 0.2) is 0 Å². The third kappa shape index (κ3) is 4.10. The van der Waals surface area contributed by atoms with E-state index in [0.717, 1.165) is 12.1 Å². The molecule has 2 rings (SSSR count). The molecule has 2 aromatic carbocycles. The molecule has 5 heteroatoms. The van der Waals surface area contributed by atoms with Gasteiger partial charge in [-0.1, -0.05) is 37.3 Å². The van der Waals surface area contributed by atoms with Crippen LogP contribution in [0.15, 0.2) is 48.5 Å². The minimum Gasteiger partial charge on any atom is -0.295 e. The van der Waals surface area contributed by atoms with E-state index in [-0.39, 0.29) is 16.4 Å². The number of halogens is 1. The van der Waals surface area contributed by atoms with Crippen molar-refractivity contribution < 1.29 is 9.31 Å². The zero-order chi connectivity index (χ0) is 15.2. The molecule has 0 aliphatic rings. The minimum atomic E-state index is -0.370. The van der Waals surface area contributed by atoms with E-state index in [1.54, 1.807) is 24.3 Å². The second kappa shape index (κ2) is 6.95. The van der Waals surface area contributed by atoms with Gasteiger partial charge in [0.2, 0.25) is 0 Å². The average molecular weight is 288 g/mol. The van der Waals surface area contributed by atoms with Gasteiger partial charge in [-0.15, -0.1) is 0 Å². The Labute approximate surface area is 123 Å². The Morgan fingerprint density at radius 3 is 2.57 bits per heavy atom. The topological polar surface area (TPSA) is 46.4 Å². The van der Waals surface area contributed by atoms with Crippen molar-refractivity contribution in [3.8, 4) is 0 Å². The van der Waals surface area contributed by atoms with E-state index in [0.29, 0.717) is 18.7 Å². The molecule has 0 N–H and O–H groups in total. The molecule has 0 atom stereocenters. The Morgan fingerprint density at radius 2 is 1.90 bits per heavy atom. The maximum absolute atomic E-state index is 13.2. The summed E-state index contributed by atoms with van der Waals surface area (Å²) in [6, 6.07) is 13.1. The molecular formula is C16H17FN2O2. The quantitative estimate of drug-likeness (QED) is 0.600. The highest BCUT2D eigenvalue weighted by Gasteiger charge is 2.15. The Hall–Kier alpha value is -2.27. The van der Waals surface area contributed by atoms with Crippen molar-refractivity contribution in [2.24, 2.45) is 0 Å². The van der Waals surface area contributed by atoms with Crippen molar-refractivity contribution >= 4 is 5.69 Å². The summed E-state index contributed by atoms with van der Waals surface area (Å²) < 4.78 is 13.2. The molecule has 21 heavy (non-hydrogen) atoms. The molecule has 0 radical (unpaired) electrons. The number of hydrogen-bond donors (Lipinski definition) is 0. The third-order valence-corrected chi connectivity index (χ3v) is 3.32. The van der Waals surface area contributed by atoms with Crippen LogP contribution in [0.3, 0.4) is 0 Å². The van der Waals surface area contributed by atoms with Crippen LogP contribution in [0.1, 0.15) is 18.1 Å². The number of hydrogen-bond acceptors (Lipinski definition) is 3. The van der Waals surface area contributed by atoms with Gasteiger partial charge in [0.05, 0.1) is 4.92 Å². The minimum absolute atomic E-state index is 0.121. The summed E-state index contributed by atoms with van der Waals surface area (Å²) in [6.45, 7) is 3.72. The molecular weight excluding hydrogens is 271 g/mol. The number of nitrogens with zero attached hydrogens (tertiary/aromatic N) is 2. The summed E-state index contributed by atoms with van der Waals surface area (Å²) in [5.74, 6) is -0.269. The van der Waals surface area contributed by atoms with Crippen molar-refractivity contribution in [1.82, 2.24) is 4.90 Å². The van der Waals surface area contributed by atoms with Crippen LogP contribution in [-0.4, -0.2) is 16.4 Å². The lowest BCUT2D eigenvalue weighted by atomic mass is 10.1. The Morgan fingerprint density at radius 1 is 1.14 bits per heavy atom. The van der Waals surface area contributed by atoms with Gasteiger partial charge in [0.1, 0.15) is 5.82 Å². The number of para-hydroxylation sites is 1.